The lowest BCUT2D eigenvalue weighted by molar-refractivity contribution is -0.143. The van der Waals surface area contributed by atoms with Gasteiger partial charge in [-0.15, -0.1) is 5.10 Å². The summed E-state index contributed by atoms with van der Waals surface area (Å²) < 4.78 is 7.01. The zero-order chi connectivity index (χ0) is 15.9. The van der Waals surface area contributed by atoms with Crippen LogP contribution in [0, 0.1) is 5.92 Å². The molecule has 7 nitrogen and oxygen atoms in total. The summed E-state index contributed by atoms with van der Waals surface area (Å²) in [5.41, 5.74) is 6.36. The largest absolute Gasteiger partial charge is 0.496 e. The number of aliphatic carboxylic acids is 1. The molecule has 0 radical (unpaired) electrons. The van der Waals surface area contributed by atoms with Crippen molar-refractivity contribution >= 4 is 23.5 Å². The zero-order valence-electron chi connectivity index (χ0n) is 11.9. The van der Waals surface area contributed by atoms with Gasteiger partial charge in [0, 0.05) is 22.9 Å². The number of ether oxygens (including phenoxy) is 1. The van der Waals surface area contributed by atoms with Crippen molar-refractivity contribution in [3.8, 4) is 5.75 Å². The number of hydrogen-bond donors (Lipinski definition) is 2. The maximum absolute atomic E-state index is 11.7. The number of carboxylic acids is 1. The van der Waals surface area contributed by atoms with E-state index in [1.165, 1.54) is 0 Å². The van der Waals surface area contributed by atoms with E-state index in [1.54, 1.807) is 30.0 Å². The summed E-state index contributed by atoms with van der Waals surface area (Å²) in [6, 6.07) is 5.19. The Balaban J connectivity index is 2.08. The van der Waals surface area contributed by atoms with Crippen LogP contribution in [0.25, 0.3) is 0 Å². The summed E-state index contributed by atoms with van der Waals surface area (Å²) in [5, 5.41) is 14.2. The number of carbonyl (C=O) groups is 1. The lowest BCUT2D eigenvalue weighted by Gasteiger charge is -2.30. The van der Waals surface area contributed by atoms with Crippen molar-refractivity contribution in [3.63, 3.8) is 0 Å². The van der Waals surface area contributed by atoms with Gasteiger partial charge in [0.1, 0.15) is 11.6 Å². The SMILES string of the molecule is COc1ccc(Cl)cc1C1Cn2nc(N)nc2CC1C(=O)O. The number of nitrogens with two attached hydrogens (primary N) is 1. The Morgan fingerprint density at radius 1 is 1.55 bits per heavy atom. The highest BCUT2D eigenvalue weighted by molar-refractivity contribution is 6.30. The van der Waals surface area contributed by atoms with E-state index < -0.39 is 11.9 Å². The fourth-order valence-corrected chi connectivity index (χ4v) is 3.09. The summed E-state index contributed by atoms with van der Waals surface area (Å²) in [5.74, 6) is -0.500. The standard InChI is InChI=1S/C14H15ClN4O3/c1-22-11-3-2-7(15)4-8(11)10-6-19-12(17-14(16)18-19)5-9(10)13(20)21/h2-4,9-10H,5-6H2,1H3,(H2,16,18)(H,20,21). The van der Waals surface area contributed by atoms with Crippen molar-refractivity contribution in [3.05, 3.63) is 34.6 Å². The predicted molar refractivity (Wildman–Crippen MR) is 80.0 cm³/mol. The molecule has 2 atom stereocenters. The normalized spacial score (nSPS) is 20.5. The molecule has 1 aromatic heterocycles. The molecule has 0 spiro atoms. The van der Waals surface area contributed by atoms with Crippen LogP contribution in [-0.2, 0) is 17.8 Å². The number of hydrogen-bond acceptors (Lipinski definition) is 5. The summed E-state index contributed by atoms with van der Waals surface area (Å²) >= 11 is 6.07. The molecular formula is C14H15ClN4O3. The molecule has 1 aliphatic heterocycles. The minimum Gasteiger partial charge on any atom is -0.496 e. The van der Waals surface area contributed by atoms with Gasteiger partial charge in [0.2, 0.25) is 5.95 Å². The van der Waals surface area contributed by atoms with Crippen LogP contribution in [0.1, 0.15) is 17.3 Å². The molecule has 3 N–H and O–H groups in total. The Kier molecular flexibility index (Phi) is 3.66. The van der Waals surface area contributed by atoms with Crippen molar-refractivity contribution in [2.45, 2.75) is 18.9 Å². The molecule has 2 heterocycles. The van der Waals surface area contributed by atoms with E-state index in [0.29, 0.717) is 23.1 Å². The number of aromatic nitrogens is 3. The number of halogens is 1. The van der Waals surface area contributed by atoms with E-state index in [4.69, 9.17) is 22.1 Å². The molecule has 0 bridgehead atoms. The van der Waals surface area contributed by atoms with Gasteiger partial charge in [-0.25, -0.2) is 4.68 Å². The number of nitrogen functional groups attached to an aromatic ring is 1. The first-order chi connectivity index (χ1) is 10.5. The quantitative estimate of drug-likeness (QED) is 0.889. The average Bonchev–Trinajstić information content (AvgIpc) is 2.84. The third-order valence-electron chi connectivity index (χ3n) is 3.93. The molecular weight excluding hydrogens is 308 g/mol. The second-order valence-corrected chi connectivity index (χ2v) is 5.65. The highest BCUT2D eigenvalue weighted by Gasteiger charge is 2.37. The Hall–Kier alpha value is -2.28. The van der Waals surface area contributed by atoms with Crippen molar-refractivity contribution in [2.24, 2.45) is 5.92 Å². The minimum absolute atomic E-state index is 0.151. The first-order valence-electron chi connectivity index (χ1n) is 6.75. The lowest BCUT2D eigenvalue weighted by atomic mass is 9.81. The van der Waals surface area contributed by atoms with E-state index in [-0.39, 0.29) is 18.3 Å². The Morgan fingerprint density at radius 2 is 2.32 bits per heavy atom. The second-order valence-electron chi connectivity index (χ2n) is 5.21. The molecule has 1 aliphatic rings. The number of anilines is 1. The van der Waals surface area contributed by atoms with Gasteiger partial charge in [0.05, 0.1) is 19.6 Å². The second kappa shape index (κ2) is 5.49. The van der Waals surface area contributed by atoms with Gasteiger partial charge in [0.25, 0.3) is 0 Å². The van der Waals surface area contributed by atoms with Gasteiger partial charge in [-0.05, 0) is 18.2 Å². The van der Waals surface area contributed by atoms with Crippen LogP contribution in [0.2, 0.25) is 5.02 Å². The number of carboxylic acid groups (broad SMARTS) is 1. The van der Waals surface area contributed by atoms with E-state index in [9.17, 15) is 9.90 Å². The lowest BCUT2D eigenvalue weighted by Crippen LogP contribution is -2.34. The van der Waals surface area contributed by atoms with E-state index in [1.807, 2.05) is 0 Å². The van der Waals surface area contributed by atoms with Crippen LogP contribution in [-0.4, -0.2) is 33.0 Å². The average molecular weight is 323 g/mol. The van der Waals surface area contributed by atoms with Crippen LogP contribution in [0.3, 0.4) is 0 Å². The van der Waals surface area contributed by atoms with Crippen LogP contribution in [0.4, 0.5) is 5.95 Å². The number of fused-ring (bicyclic) bond motifs is 1. The molecule has 8 heteroatoms. The zero-order valence-corrected chi connectivity index (χ0v) is 12.6. The number of rotatable bonds is 3. The monoisotopic (exact) mass is 322 g/mol. The Labute approximate surface area is 131 Å². The fraction of sp³-hybridized carbons (Fsp3) is 0.357. The molecule has 0 fully saturated rings. The minimum atomic E-state index is -0.889. The van der Waals surface area contributed by atoms with E-state index in [0.717, 1.165) is 5.56 Å². The molecule has 3 rings (SSSR count). The number of nitrogens with zero attached hydrogens (tertiary/aromatic N) is 3. The van der Waals surface area contributed by atoms with Gasteiger partial charge in [0.15, 0.2) is 0 Å². The molecule has 2 unspecified atom stereocenters. The van der Waals surface area contributed by atoms with Crippen molar-refractivity contribution < 1.29 is 14.6 Å². The smallest absolute Gasteiger partial charge is 0.307 e. The predicted octanol–water partition coefficient (Wildman–Crippen LogP) is 1.56. The van der Waals surface area contributed by atoms with Gasteiger partial charge < -0.3 is 15.6 Å². The molecule has 0 amide bonds. The van der Waals surface area contributed by atoms with E-state index in [2.05, 4.69) is 10.1 Å². The van der Waals surface area contributed by atoms with Crippen molar-refractivity contribution in [1.82, 2.24) is 14.8 Å². The summed E-state index contributed by atoms with van der Waals surface area (Å²) in [6.45, 7) is 0.368. The molecule has 0 aliphatic carbocycles. The summed E-state index contributed by atoms with van der Waals surface area (Å²) in [7, 11) is 1.55. The van der Waals surface area contributed by atoms with Crippen LogP contribution in [0.5, 0.6) is 5.75 Å². The van der Waals surface area contributed by atoms with Gasteiger partial charge >= 0.3 is 5.97 Å². The fourth-order valence-electron chi connectivity index (χ4n) is 2.91. The van der Waals surface area contributed by atoms with E-state index >= 15 is 0 Å². The third kappa shape index (κ3) is 2.48. The topological polar surface area (TPSA) is 103 Å². The highest BCUT2D eigenvalue weighted by Crippen LogP contribution is 2.39. The first kappa shape index (κ1) is 14.6. The maximum atomic E-state index is 11.7. The number of benzene rings is 1. The molecule has 2 aromatic rings. The third-order valence-corrected chi connectivity index (χ3v) is 4.17. The Bertz CT molecular complexity index is 731. The van der Waals surface area contributed by atoms with Crippen LogP contribution < -0.4 is 10.5 Å². The Morgan fingerprint density at radius 3 is 3.00 bits per heavy atom. The van der Waals surface area contributed by atoms with Crippen molar-refractivity contribution in [1.29, 1.82) is 0 Å². The molecule has 22 heavy (non-hydrogen) atoms. The summed E-state index contributed by atoms with van der Waals surface area (Å²) in [4.78, 5) is 15.8. The van der Waals surface area contributed by atoms with Crippen LogP contribution in [0.15, 0.2) is 18.2 Å². The van der Waals surface area contributed by atoms with Gasteiger partial charge in [-0.2, -0.15) is 4.98 Å². The molecule has 1 aromatic carbocycles. The first-order valence-corrected chi connectivity index (χ1v) is 7.13. The van der Waals surface area contributed by atoms with Gasteiger partial charge in [-0.1, -0.05) is 11.6 Å². The number of methoxy groups -OCH3 is 1. The highest BCUT2D eigenvalue weighted by atomic mass is 35.5. The maximum Gasteiger partial charge on any atom is 0.307 e. The summed E-state index contributed by atoms with van der Waals surface area (Å²) in [6.07, 6.45) is 0.264. The molecule has 0 saturated carbocycles. The van der Waals surface area contributed by atoms with Crippen molar-refractivity contribution in [2.75, 3.05) is 12.8 Å². The van der Waals surface area contributed by atoms with Gasteiger partial charge in [-0.3, -0.25) is 4.79 Å². The van der Waals surface area contributed by atoms with Crippen LogP contribution >= 0.6 is 11.6 Å². The molecule has 116 valence electrons. The molecule has 0 saturated heterocycles.